The monoisotopic (exact) mass is 434 g/mol. The van der Waals surface area contributed by atoms with Crippen molar-refractivity contribution in [3.63, 3.8) is 0 Å². The molecular formula is C24H26N4O4. The van der Waals surface area contributed by atoms with Gasteiger partial charge in [-0.25, -0.2) is 4.99 Å². The third-order valence-electron chi connectivity index (χ3n) is 4.61. The molecule has 3 aromatic rings. The Morgan fingerprint density at radius 2 is 1.66 bits per heavy atom. The van der Waals surface area contributed by atoms with E-state index in [2.05, 4.69) is 20.6 Å². The van der Waals surface area contributed by atoms with Crippen LogP contribution in [0.25, 0.3) is 0 Å². The summed E-state index contributed by atoms with van der Waals surface area (Å²) in [6.07, 6.45) is 3.40. The molecule has 166 valence electrons. The molecule has 1 aromatic heterocycles. The molecule has 0 saturated heterocycles. The normalized spacial score (nSPS) is 10.9. The fourth-order valence-corrected chi connectivity index (χ4v) is 3.02. The van der Waals surface area contributed by atoms with Gasteiger partial charge in [0.1, 0.15) is 0 Å². The minimum atomic E-state index is -0.377. The number of nitrogens with zero attached hydrogens (tertiary/aromatic N) is 2. The zero-order valence-corrected chi connectivity index (χ0v) is 18.5. The number of guanidine groups is 1. The first-order chi connectivity index (χ1) is 15.5. The number of methoxy groups -OCH3 is 3. The molecule has 3 rings (SSSR count). The van der Waals surface area contributed by atoms with Crippen LogP contribution >= 0.6 is 0 Å². The van der Waals surface area contributed by atoms with Crippen molar-refractivity contribution in [1.82, 2.24) is 10.3 Å². The highest BCUT2D eigenvalue weighted by molar-refractivity contribution is 6.10. The summed E-state index contributed by atoms with van der Waals surface area (Å²) in [5.74, 6) is 1.12. The third-order valence-corrected chi connectivity index (χ3v) is 4.61. The molecule has 1 heterocycles. The van der Waals surface area contributed by atoms with E-state index in [9.17, 15) is 4.79 Å². The van der Waals surface area contributed by atoms with Crippen molar-refractivity contribution in [1.29, 1.82) is 0 Å². The Hall–Kier alpha value is -4.07. The number of aryl methyl sites for hydroxylation is 1. The molecule has 0 saturated carbocycles. The van der Waals surface area contributed by atoms with Crippen molar-refractivity contribution in [3.05, 3.63) is 77.6 Å². The zero-order chi connectivity index (χ0) is 22.9. The molecule has 32 heavy (non-hydrogen) atoms. The van der Waals surface area contributed by atoms with Crippen molar-refractivity contribution in [3.8, 4) is 17.2 Å². The topological polar surface area (TPSA) is 94.1 Å². The van der Waals surface area contributed by atoms with Crippen molar-refractivity contribution < 1.29 is 19.0 Å². The second kappa shape index (κ2) is 10.8. The van der Waals surface area contributed by atoms with Crippen molar-refractivity contribution in [2.75, 3.05) is 26.6 Å². The lowest BCUT2D eigenvalue weighted by molar-refractivity contribution is 0.0976. The molecule has 0 radical (unpaired) electrons. The summed E-state index contributed by atoms with van der Waals surface area (Å²) < 4.78 is 16.0. The summed E-state index contributed by atoms with van der Waals surface area (Å²) in [5, 5.41) is 6.03. The molecule has 2 aromatic carbocycles. The Labute approximate surface area is 187 Å². The number of carbonyl (C=O) groups excluding carboxylic acids is 1. The quantitative estimate of drug-likeness (QED) is 0.434. The highest BCUT2D eigenvalue weighted by Crippen LogP contribution is 2.38. The van der Waals surface area contributed by atoms with Crippen LogP contribution in [0.4, 0.5) is 5.69 Å². The van der Waals surface area contributed by atoms with Crippen LogP contribution in [0.3, 0.4) is 0 Å². The number of amides is 1. The summed E-state index contributed by atoms with van der Waals surface area (Å²) in [5.41, 5.74) is 3.19. The van der Waals surface area contributed by atoms with Crippen LogP contribution in [0, 0.1) is 6.92 Å². The van der Waals surface area contributed by atoms with E-state index >= 15 is 0 Å². The number of aromatic nitrogens is 1. The first-order valence-electron chi connectivity index (χ1n) is 9.92. The number of ether oxygens (including phenoxy) is 3. The number of carbonyl (C=O) groups is 1. The number of rotatable bonds is 7. The van der Waals surface area contributed by atoms with Crippen LogP contribution in [0.5, 0.6) is 17.2 Å². The van der Waals surface area contributed by atoms with Gasteiger partial charge in [0.25, 0.3) is 5.91 Å². The molecule has 0 unspecified atom stereocenters. The molecule has 0 aliphatic carbocycles. The minimum Gasteiger partial charge on any atom is -0.493 e. The number of nitrogens with one attached hydrogen (secondary N) is 2. The van der Waals surface area contributed by atoms with Crippen LogP contribution in [-0.4, -0.2) is 38.2 Å². The fourth-order valence-electron chi connectivity index (χ4n) is 3.02. The second-order valence-corrected chi connectivity index (χ2v) is 6.88. The van der Waals surface area contributed by atoms with Gasteiger partial charge in [0.05, 0.1) is 27.9 Å². The molecule has 8 nitrogen and oxygen atoms in total. The van der Waals surface area contributed by atoms with E-state index in [-0.39, 0.29) is 5.91 Å². The standard InChI is InChI=1S/C24H26N4O4/c1-16-6-5-7-19(12-16)27-24(26-15-17-8-10-25-11-9-17)28-23(29)18-13-20(30-2)22(32-4)21(14-18)31-3/h5-14H,15H2,1-4H3,(H2,26,27,28,29). The Balaban J connectivity index is 1.88. The maximum atomic E-state index is 13.1. The maximum Gasteiger partial charge on any atom is 0.258 e. The van der Waals surface area contributed by atoms with Gasteiger partial charge in [-0.3, -0.25) is 15.1 Å². The fraction of sp³-hybridized carbons (Fsp3) is 0.208. The number of aliphatic imine (C=N–C) groups is 1. The van der Waals surface area contributed by atoms with Gasteiger partial charge in [-0.1, -0.05) is 12.1 Å². The first-order valence-corrected chi connectivity index (χ1v) is 9.92. The zero-order valence-electron chi connectivity index (χ0n) is 18.5. The van der Waals surface area contributed by atoms with Gasteiger partial charge in [0, 0.05) is 23.6 Å². The van der Waals surface area contributed by atoms with Crippen LogP contribution in [0.15, 0.2) is 65.9 Å². The van der Waals surface area contributed by atoms with Crippen LogP contribution < -0.4 is 24.8 Å². The van der Waals surface area contributed by atoms with E-state index in [1.54, 1.807) is 24.5 Å². The Morgan fingerprint density at radius 1 is 0.969 bits per heavy atom. The molecule has 8 heteroatoms. The van der Waals surface area contributed by atoms with E-state index in [1.807, 2.05) is 43.3 Å². The third kappa shape index (κ3) is 5.75. The smallest absolute Gasteiger partial charge is 0.258 e. The van der Waals surface area contributed by atoms with E-state index in [4.69, 9.17) is 14.2 Å². The van der Waals surface area contributed by atoms with E-state index in [1.165, 1.54) is 21.3 Å². The van der Waals surface area contributed by atoms with Gasteiger partial charge in [-0.2, -0.15) is 0 Å². The second-order valence-electron chi connectivity index (χ2n) is 6.88. The lowest BCUT2D eigenvalue weighted by Gasteiger charge is -2.15. The minimum absolute atomic E-state index is 0.311. The lowest BCUT2D eigenvalue weighted by Crippen LogP contribution is -2.36. The predicted molar refractivity (Wildman–Crippen MR) is 124 cm³/mol. The number of hydrogen-bond donors (Lipinski definition) is 2. The van der Waals surface area contributed by atoms with E-state index < -0.39 is 0 Å². The summed E-state index contributed by atoms with van der Waals surface area (Å²) in [6.45, 7) is 2.36. The van der Waals surface area contributed by atoms with Crippen LogP contribution in [0.1, 0.15) is 21.5 Å². The van der Waals surface area contributed by atoms with Crippen molar-refractivity contribution in [2.45, 2.75) is 13.5 Å². The summed E-state index contributed by atoms with van der Waals surface area (Å²) in [4.78, 5) is 21.6. The van der Waals surface area contributed by atoms with Gasteiger partial charge >= 0.3 is 0 Å². The number of benzene rings is 2. The molecule has 0 spiro atoms. The van der Waals surface area contributed by atoms with E-state index in [0.29, 0.717) is 35.3 Å². The highest BCUT2D eigenvalue weighted by atomic mass is 16.5. The number of anilines is 1. The lowest BCUT2D eigenvalue weighted by atomic mass is 10.1. The number of hydrogen-bond acceptors (Lipinski definition) is 6. The Kier molecular flexibility index (Phi) is 7.64. The van der Waals surface area contributed by atoms with Crippen LogP contribution in [-0.2, 0) is 6.54 Å². The SMILES string of the molecule is COc1cc(C(=O)NC(=NCc2ccncc2)Nc2cccc(C)c2)cc(OC)c1OC. The van der Waals surface area contributed by atoms with Crippen molar-refractivity contribution >= 4 is 17.6 Å². The largest absolute Gasteiger partial charge is 0.493 e. The molecule has 2 N–H and O–H groups in total. The molecule has 1 amide bonds. The average Bonchev–Trinajstić information content (AvgIpc) is 2.82. The average molecular weight is 434 g/mol. The summed E-state index contributed by atoms with van der Waals surface area (Å²) >= 11 is 0. The molecule has 0 fully saturated rings. The molecular weight excluding hydrogens is 408 g/mol. The molecule has 0 atom stereocenters. The van der Waals surface area contributed by atoms with Gasteiger partial charge in [0.15, 0.2) is 11.5 Å². The van der Waals surface area contributed by atoms with Gasteiger partial charge in [-0.15, -0.1) is 0 Å². The van der Waals surface area contributed by atoms with Gasteiger partial charge < -0.3 is 19.5 Å². The van der Waals surface area contributed by atoms with Crippen LogP contribution in [0.2, 0.25) is 0 Å². The molecule has 0 aliphatic heterocycles. The maximum absolute atomic E-state index is 13.1. The number of pyridine rings is 1. The molecule has 0 aliphatic rings. The Morgan fingerprint density at radius 3 is 2.25 bits per heavy atom. The molecule has 0 bridgehead atoms. The summed E-state index contributed by atoms with van der Waals surface area (Å²) in [6, 6.07) is 14.7. The van der Waals surface area contributed by atoms with Gasteiger partial charge in [0.2, 0.25) is 11.7 Å². The Bertz CT molecular complexity index is 1080. The predicted octanol–water partition coefficient (Wildman–Crippen LogP) is 3.81. The highest BCUT2D eigenvalue weighted by Gasteiger charge is 2.18. The van der Waals surface area contributed by atoms with Crippen molar-refractivity contribution in [2.24, 2.45) is 4.99 Å². The van der Waals surface area contributed by atoms with E-state index in [0.717, 1.165) is 16.8 Å². The first kappa shape index (κ1) is 22.6. The van der Waals surface area contributed by atoms with Gasteiger partial charge in [-0.05, 0) is 54.4 Å². The summed E-state index contributed by atoms with van der Waals surface area (Å²) in [7, 11) is 4.51.